The zero-order valence-electron chi connectivity index (χ0n) is 14.1. The van der Waals surface area contributed by atoms with Crippen LogP contribution in [0.5, 0.6) is 0 Å². The van der Waals surface area contributed by atoms with Gasteiger partial charge >= 0.3 is 0 Å². The van der Waals surface area contributed by atoms with Gasteiger partial charge in [0.2, 0.25) is 0 Å². The predicted molar refractivity (Wildman–Crippen MR) is 103 cm³/mol. The topological polar surface area (TPSA) is 56.9 Å². The number of likely N-dealkylation sites (N-methyl/N-ethyl adjacent to an activating group) is 2. The van der Waals surface area contributed by atoms with Crippen LogP contribution >= 0.6 is 24.0 Å². The molecular formula is C15H34IN5. The van der Waals surface area contributed by atoms with Gasteiger partial charge in [-0.25, -0.2) is 0 Å². The summed E-state index contributed by atoms with van der Waals surface area (Å²) in [6.45, 7) is 15.0. The SMILES string of the molecule is CCN(CCNC(N)=NCC1CCCN1CC)C(C)C.I. The summed E-state index contributed by atoms with van der Waals surface area (Å²) in [5.74, 6) is 0.591. The molecule has 5 nitrogen and oxygen atoms in total. The summed E-state index contributed by atoms with van der Waals surface area (Å²) in [4.78, 5) is 9.40. The van der Waals surface area contributed by atoms with Gasteiger partial charge in [-0.05, 0) is 46.3 Å². The summed E-state index contributed by atoms with van der Waals surface area (Å²) < 4.78 is 0. The van der Waals surface area contributed by atoms with Crippen molar-refractivity contribution >= 4 is 29.9 Å². The van der Waals surface area contributed by atoms with E-state index in [0.29, 0.717) is 18.0 Å². The minimum atomic E-state index is 0. The monoisotopic (exact) mass is 411 g/mol. The molecule has 0 aromatic heterocycles. The lowest BCUT2D eigenvalue weighted by Gasteiger charge is -2.25. The molecule has 21 heavy (non-hydrogen) atoms. The third-order valence-corrected chi connectivity index (χ3v) is 4.22. The van der Waals surface area contributed by atoms with E-state index < -0.39 is 0 Å². The number of hydrogen-bond donors (Lipinski definition) is 2. The Hall–Kier alpha value is -0.0800. The molecule has 1 aliphatic rings. The molecule has 3 N–H and O–H groups in total. The van der Waals surface area contributed by atoms with Crippen LogP contribution in [0.2, 0.25) is 0 Å². The highest BCUT2D eigenvalue weighted by molar-refractivity contribution is 14.0. The summed E-state index contributed by atoms with van der Waals surface area (Å²) in [5.41, 5.74) is 5.94. The van der Waals surface area contributed by atoms with Crippen molar-refractivity contribution in [2.24, 2.45) is 10.7 Å². The van der Waals surface area contributed by atoms with Crippen LogP contribution in [-0.4, -0.2) is 67.1 Å². The summed E-state index contributed by atoms with van der Waals surface area (Å²) in [6.07, 6.45) is 2.54. The molecule has 0 saturated carbocycles. The Morgan fingerprint density at radius 2 is 2.14 bits per heavy atom. The second-order valence-electron chi connectivity index (χ2n) is 5.80. The summed E-state index contributed by atoms with van der Waals surface area (Å²) in [5, 5.41) is 3.23. The number of nitrogens with zero attached hydrogens (tertiary/aromatic N) is 3. The maximum absolute atomic E-state index is 5.94. The van der Waals surface area contributed by atoms with Crippen LogP contribution < -0.4 is 11.1 Å². The number of hydrogen-bond acceptors (Lipinski definition) is 3. The molecule has 0 spiro atoms. The Bertz CT molecular complexity index is 296. The Kier molecular flexibility index (Phi) is 11.4. The van der Waals surface area contributed by atoms with Crippen LogP contribution in [0.15, 0.2) is 4.99 Å². The molecule has 1 saturated heterocycles. The number of halogens is 1. The molecule has 1 rings (SSSR count). The summed E-state index contributed by atoms with van der Waals surface area (Å²) in [7, 11) is 0. The first-order chi connectivity index (χ1) is 9.58. The van der Waals surface area contributed by atoms with E-state index >= 15 is 0 Å². The van der Waals surface area contributed by atoms with Crippen LogP contribution in [0.3, 0.4) is 0 Å². The zero-order valence-corrected chi connectivity index (χ0v) is 16.5. The number of nitrogens with one attached hydrogen (secondary N) is 1. The molecule has 0 bridgehead atoms. The average molecular weight is 411 g/mol. The van der Waals surface area contributed by atoms with Crippen molar-refractivity contribution in [2.75, 3.05) is 39.3 Å². The molecule has 0 aromatic rings. The van der Waals surface area contributed by atoms with Crippen molar-refractivity contribution in [3.63, 3.8) is 0 Å². The maximum Gasteiger partial charge on any atom is 0.188 e. The van der Waals surface area contributed by atoms with Crippen LogP contribution in [-0.2, 0) is 0 Å². The van der Waals surface area contributed by atoms with Crippen molar-refractivity contribution in [3.05, 3.63) is 0 Å². The fourth-order valence-electron chi connectivity index (χ4n) is 2.89. The Labute approximate surface area is 147 Å². The quantitative estimate of drug-likeness (QED) is 0.363. The first-order valence-corrected chi connectivity index (χ1v) is 8.10. The second kappa shape index (κ2) is 11.5. The largest absolute Gasteiger partial charge is 0.370 e. The molecule has 126 valence electrons. The first-order valence-electron chi connectivity index (χ1n) is 8.10. The minimum absolute atomic E-state index is 0. The Morgan fingerprint density at radius 3 is 2.71 bits per heavy atom. The molecule has 0 amide bonds. The van der Waals surface area contributed by atoms with Gasteiger partial charge in [-0.15, -0.1) is 24.0 Å². The molecule has 0 aromatic carbocycles. The van der Waals surface area contributed by atoms with Gasteiger partial charge in [0.15, 0.2) is 5.96 Å². The third kappa shape index (κ3) is 7.65. The number of rotatable bonds is 8. The van der Waals surface area contributed by atoms with Crippen molar-refractivity contribution in [2.45, 2.75) is 52.6 Å². The van der Waals surface area contributed by atoms with E-state index in [2.05, 4.69) is 47.8 Å². The van der Waals surface area contributed by atoms with Crippen LogP contribution in [0.1, 0.15) is 40.5 Å². The van der Waals surface area contributed by atoms with Crippen molar-refractivity contribution in [3.8, 4) is 0 Å². The summed E-state index contributed by atoms with van der Waals surface area (Å²) in [6, 6.07) is 1.17. The lowest BCUT2D eigenvalue weighted by molar-refractivity contribution is 0.237. The molecule has 1 atom stereocenters. The van der Waals surface area contributed by atoms with Gasteiger partial charge < -0.3 is 11.1 Å². The van der Waals surface area contributed by atoms with Crippen LogP contribution in [0, 0.1) is 0 Å². The molecule has 6 heteroatoms. The molecule has 0 aliphatic carbocycles. The number of guanidine groups is 1. The normalized spacial score (nSPS) is 20.1. The number of likely N-dealkylation sites (tertiary alicyclic amines) is 1. The fraction of sp³-hybridized carbons (Fsp3) is 0.933. The van der Waals surface area contributed by atoms with Crippen LogP contribution in [0.4, 0.5) is 0 Å². The van der Waals surface area contributed by atoms with Gasteiger partial charge in [-0.3, -0.25) is 14.8 Å². The maximum atomic E-state index is 5.94. The molecule has 1 aliphatic heterocycles. The van der Waals surface area contributed by atoms with E-state index in [-0.39, 0.29) is 24.0 Å². The predicted octanol–water partition coefficient (Wildman–Crippen LogP) is 1.72. The van der Waals surface area contributed by atoms with E-state index in [4.69, 9.17) is 5.73 Å². The Morgan fingerprint density at radius 1 is 1.43 bits per heavy atom. The van der Waals surface area contributed by atoms with E-state index in [1.165, 1.54) is 19.4 Å². The molecule has 1 fully saturated rings. The highest BCUT2D eigenvalue weighted by Gasteiger charge is 2.22. The lowest BCUT2D eigenvalue weighted by Crippen LogP contribution is -2.41. The highest BCUT2D eigenvalue weighted by Crippen LogP contribution is 2.16. The van der Waals surface area contributed by atoms with E-state index in [1.54, 1.807) is 0 Å². The lowest BCUT2D eigenvalue weighted by atomic mass is 10.2. The second-order valence-corrected chi connectivity index (χ2v) is 5.80. The van der Waals surface area contributed by atoms with Gasteiger partial charge in [-0.2, -0.15) is 0 Å². The van der Waals surface area contributed by atoms with Gasteiger partial charge in [0.05, 0.1) is 6.54 Å². The number of nitrogens with two attached hydrogens (primary N) is 1. The molecular weight excluding hydrogens is 377 g/mol. The zero-order chi connectivity index (χ0) is 15.0. The van der Waals surface area contributed by atoms with Crippen LogP contribution in [0.25, 0.3) is 0 Å². The minimum Gasteiger partial charge on any atom is -0.370 e. The average Bonchev–Trinajstić information content (AvgIpc) is 2.88. The standard InChI is InChI=1S/C15H33N5.HI/c1-5-19(13(3)4)11-9-17-15(16)18-12-14-8-7-10-20(14)6-2;/h13-14H,5-12H2,1-4H3,(H3,16,17,18);1H. The van der Waals surface area contributed by atoms with Gasteiger partial charge in [0.1, 0.15) is 0 Å². The summed E-state index contributed by atoms with van der Waals surface area (Å²) >= 11 is 0. The van der Waals surface area contributed by atoms with Crippen molar-refractivity contribution in [1.29, 1.82) is 0 Å². The molecule has 1 unspecified atom stereocenters. The van der Waals surface area contributed by atoms with Crippen molar-refractivity contribution in [1.82, 2.24) is 15.1 Å². The third-order valence-electron chi connectivity index (χ3n) is 4.22. The number of aliphatic imine (C=N–C) groups is 1. The van der Waals surface area contributed by atoms with E-state index in [9.17, 15) is 0 Å². The molecule has 0 radical (unpaired) electrons. The fourth-order valence-corrected chi connectivity index (χ4v) is 2.89. The van der Waals surface area contributed by atoms with E-state index in [0.717, 1.165) is 32.7 Å². The highest BCUT2D eigenvalue weighted by atomic mass is 127. The van der Waals surface area contributed by atoms with Gasteiger partial charge in [0, 0.05) is 25.2 Å². The van der Waals surface area contributed by atoms with Gasteiger partial charge in [-0.1, -0.05) is 13.8 Å². The van der Waals surface area contributed by atoms with E-state index in [1.807, 2.05) is 0 Å². The van der Waals surface area contributed by atoms with Gasteiger partial charge in [0.25, 0.3) is 0 Å². The smallest absolute Gasteiger partial charge is 0.188 e. The van der Waals surface area contributed by atoms with Crippen molar-refractivity contribution < 1.29 is 0 Å². The molecule has 1 heterocycles. The first kappa shape index (κ1) is 20.9. The Balaban J connectivity index is 0.00000400.